The summed E-state index contributed by atoms with van der Waals surface area (Å²) in [5.74, 6) is -1.28. The van der Waals surface area contributed by atoms with Gasteiger partial charge < -0.3 is 10.3 Å². The van der Waals surface area contributed by atoms with Gasteiger partial charge in [-0.15, -0.1) is 0 Å². The molecule has 2 aromatic rings. The van der Waals surface area contributed by atoms with Crippen molar-refractivity contribution in [2.75, 3.05) is 0 Å². The largest absolute Gasteiger partial charge is 0.478 e. The van der Waals surface area contributed by atoms with E-state index in [1.54, 1.807) is 0 Å². The van der Waals surface area contributed by atoms with Gasteiger partial charge in [0.05, 0.1) is 22.0 Å². The topological polar surface area (TPSA) is 119 Å². The van der Waals surface area contributed by atoms with Crippen LogP contribution in [-0.4, -0.2) is 35.7 Å². The molecule has 0 radical (unpaired) electrons. The standard InChI is InChI=1S/C15H15ClN4O5S/c1-7(17-25)6-9-8(12(21)22)4-5-10(16)11(9)20-13(23)18(2)15(26)19(3)14(20)24/h4-5,25H,6H2,1-3H3,(H,21,22). The Morgan fingerprint density at radius 1 is 1.23 bits per heavy atom. The molecule has 0 fully saturated rings. The molecule has 1 heterocycles. The molecule has 0 bridgehead atoms. The highest BCUT2D eigenvalue weighted by Crippen LogP contribution is 2.27. The third-order valence-corrected chi connectivity index (χ3v) is 4.67. The van der Waals surface area contributed by atoms with E-state index in [2.05, 4.69) is 5.16 Å². The molecule has 0 aliphatic heterocycles. The fourth-order valence-corrected chi connectivity index (χ4v) is 2.90. The molecule has 0 saturated carbocycles. The molecule has 2 rings (SSSR count). The van der Waals surface area contributed by atoms with Crippen molar-refractivity contribution in [2.24, 2.45) is 19.3 Å². The second kappa shape index (κ2) is 7.26. The van der Waals surface area contributed by atoms with Crippen LogP contribution in [0.2, 0.25) is 5.02 Å². The van der Waals surface area contributed by atoms with E-state index in [-0.39, 0.29) is 38.7 Å². The summed E-state index contributed by atoms with van der Waals surface area (Å²) in [4.78, 5) is 36.9. The van der Waals surface area contributed by atoms with Crippen molar-refractivity contribution >= 4 is 35.5 Å². The molecule has 2 N–H and O–H groups in total. The summed E-state index contributed by atoms with van der Waals surface area (Å²) >= 11 is 11.3. The molecule has 9 nitrogen and oxygen atoms in total. The van der Waals surface area contributed by atoms with Gasteiger partial charge in [-0.05, 0) is 36.8 Å². The lowest BCUT2D eigenvalue weighted by atomic mass is 9.99. The predicted octanol–water partition coefficient (Wildman–Crippen LogP) is 1.35. The number of carboxylic acid groups (broad SMARTS) is 1. The predicted molar refractivity (Wildman–Crippen MR) is 97.7 cm³/mol. The van der Waals surface area contributed by atoms with Gasteiger partial charge in [0.2, 0.25) is 0 Å². The van der Waals surface area contributed by atoms with Gasteiger partial charge >= 0.3 is 17.3 Å². The first-order chi connectivity index (χ1) is 12.1. The first-order valence-corrected chi connectivity index (χ1v) is 8.02. The van der Waals surface area contributed by atoms with Crippen LogP contribution < -0.4 is 11.4 Å². The Labute approximate surface area is 157 Å². The average molecular weight is 399 g/mol. The van der Waals surface area contributed by atoms with Crippen LogP contribution in [0.3, 0.4) is 0 Å². The number of nitrogens with zero attached hydrogens (tertiary/aromatic N) is 4. The van der Waals surface area contributed by atoms with Gasteiger partial charge in [0.25, 0.3) is 0 Å². The lowest BCUT2D eigenvalue weighted by molar-refractivity contribution is 0.0696. The van der Waals surface area contributed by atoms with Crippen LogP contribution in [-0.2, 0) is 20.5 Å². The molecule has 11 heteroatoms. The lowest BCUT2D eigenvalue weighted by Gasteiger charge is -2.17. The van der Waals surface area contributed by atoms with E-state index in [1.807, 2.05) is 0 Å². The molecule has 0 saturated heterocycles. The van der Waals surface area contributed by atoms with Crippen LogP contribution in [0.5, 0.6) is 0 Å². The monoisotopic (exact) mass is 398 g/mol. The van der Waals surface area contributed by atoms with Crippen LogP contribution in [0.15, 0.2) is 26.9 Å². The third-order valence-electron chi connectivity index (χ3n) is 3.82. The Bertz CT molecular complexity index is 1070. The second-order valence-corrected chi connectivity index (χ2v) is 6.31. The minimum atomic E-state index is -1.28. The maximum atomic E-state index is 12.7. The number of benzene rings is 1. The number of oxime groups is 1. The lowest BCUT2D eigenvalue weighted by Crippen LogP contribution is -2.44. The zero-order valence-corrected chi connectivity index (χ0v) is 15.6. The summed E-state index contributed by atoms with van der Waals surface area (Å²) < 4.78 is 2.88. The van der Waals surface area contributed by atoms with Crippen LogP contribution in [0.25, 0.3) is 5.69 Å². The third kappa shape index (κ3) is 3.20. The Morgan fingerprint density at radius 2 is 1.77 bits per heavy atom. The van der Waals surface area contributed by atoms with Gasteiger partial charge in [0, 0.05) is 20.5 Å². The summed E-state index contributed by atoms with van der Waals surface area (Å²) in [6, 6.07) is 2.54. The molecule has 0 unspecified atom stereocenters. The van der Waals surface area contributed by atoms with Gasteiger partial charge in [0.15, 0.2) is 4.77 Å². The van der Waals surface area contributed by atoms with E-state index in [4.69, 9.17) is 29.0 Å². The molecule has 1 aromatic heterocycles. The summed E-state index contributed by atoms with van der Waals surface area (Å²) in [5, 5.41) is 21.4. The number of carbonyl (C=O) groups is 1. The quantitative estimate of drug-likeness (QED) is 0.347. The SMILES string of the molecule is CC(Cc1c(C(=O)O)ccc(Cl)c1-n1c(=O)n(C)c(=S)n(C)c1=O)=NO. The molecule has 26 heavy (non-hydrogen) atoms. The highest BCUT2D eigenvalue weighted by molar-refractivity contribution is 7.71. The van der Waals surface area contributed by atoms with E-state index in [0.717, 1.165) is 13.7 Å². The molecule has 0 aliphatic carbocycles. The number of aromatic nitrogens is 3. The molecule has 138 valence electrons. The maximum absolute atomic E-state index is 12.7. The van der Waals surface area contributed by atoms with Crippen LogP contribution in [0.1, 0.15) is 22.8 Å². The molecule has 0 aliphatic rings. The van der Waals surface area contributed by atoms with E-state index < -0.39 is 17.3 Å². The first-order valence-electron chi connectivity index (χ1n) is 7.23. The van der Waals surface area contributed by atoms with Gasteiger partial charge in [-0.3, -0.25) is 9.13 Å². The number of aromatic carboxylic acids is 1. The van der Waals surface area contributed by atoms with Gasteiger partial charge in [-0.1, -0.05) is 16.8 Å². The van der Waals surface area contributed by atoms with Crippen molar-refractivity contribution in [3.63, 3.8) is 0 Å². The average Bonchev–Trinajstić information content (AvgIpc) is 2.60. The fraction of sp³-hybridized carbons (Fsp3) is 0.267. The highest BCUT2D eigenvalue weighted by atomic mass is 35.5. The fourth-order valence-electron chi connectivity index (χ4n) is 2.48. The van der Waals surface area contributed by atoms with Crippen LogP contribution >= 0.6 is 23.8 Å². The molecule has 1 aromatic carbocycles. The number of hydrogen-bond acceptors (Lipinski definition) is 6. The second-order valence-electron chi connectivity index (χ2n) is 5.54. The summed E-state index contributed by atoms with van der Waals surface area (Å²) in [5.41, 5.74) is -1.58. The molecule has 0 spiro atoms. The summed E-state index contributed by atoms with van der Waals surface area (Å²) in [7, 11) is 2.77. The van der Waals surface area contributed by atoms with Crippen LogP contribution in [0.4, 0.5) is 0 Å². The van der Waals surface area contributed by atoms with Crippen LogP contribution in [0, 0.1) is 4.77 Å². The number of rotatable bonds is 4. The Kier molecular flexibility index (Phi) is 5.47. The van der Waals surface area contributed by atoms with Crippen molar-refractivity contribution in [3.8, 4) is 5.69 Å². The van der Waals surface area contributed by atoms with Gasteiger partial charge in [0.1, 0.15) is 0 Å². The van der Waals surface area contributed by atoms with E-state index >= 15 is 0 Å². The first kappa shape index (κ1) is 19.6. The zero-order chi connectivity index (χ0) is 19.8. The number of halogens is 1. The smallest absolute Gasteiger partial charge is 0.338 e. The molecule has 0 atom stereocenters. The van der Waals surface area contributed by atoms with E-state index in [1.165, 1.54) is 33.2 Å². The Hall–Kier alpha value is -2.72. The Morgan fingerprint density at radius 3 is 2.23 bits per heavy atom. The van der Waals surface area contributed by atoms with Gasteiger partial charge in [-0.2, -0.15) is 0 Å². The minimum Gasteiger partial charge on any atom is -0.478 e. The van der Waals surface area contributed by atoms with E-state index in [9.17, 15) is 19.5 Å². The van der Waals surface area contributed by atoms with E-state index in [0.29, 0.717) is 0 Å². The highest BCUT2D eigenvalue weighted by Gasteiger charge is 2.23. The van der Waals surface area contributed by atoms with Crippen molar-refractivity contribution in [1.29, 1.82) is 0 Å². The summed E-state index contributed by atoms with van der Waals surface area (Å²) in [6.07, 6.45) is -0.136. The normalized spacial score (nSPS) is 11.6. The maximum Gasteiger partial charge on any atom is 0.338 e. The molecular weight excluding hydrogens is 384 g/mol. The van der Waals surface area contributed by atoms with Crippen molar-refractivity contribution < 1.29 is 15.1 Å². The number of hydrogen-bond donors (Lipinski definition) is 2. The summed E-state index contributed by atoms with van der Waals surface area (Å²) in [6.45, 7) is 1.46. The zero-order valence-electron chi connectivity index (χ0n) is 14.1. The van der Waals surface area contributed by atoms with Crippen molar-refractivity contribution in [1.82, 2.24) is 13.7 Å². The minimum absolute atomic E-state index is 0.00332. The van der Waals surface area contributed by atoms with Crippen molar-refractivity contribution in [3.05, 3.63) is 54.0 Å². The van der Waals surface area contributed by atoms with Crippen molar-refractivity contribution in [2.45, 2.75) is 13.3 Å². The number of carboxylic acids is 1. The van der Waals surface area contributed by atoms with Gasteiger partial charge in [-0.25, -0.2) is 19.0 Å². The molecule has 0 amide bonds. The Balaban J connectivity index is 3.07. The molecular formula is C15H15ClN4O5S.